The summed E-state index contributed by atoms with van der Waals surface area (Å²) in [5.74, 6) is -0.0174. The first-order valence-corrected chi connectivity index (χ1v) is 5.66. The highest BCUT2D eigenvalue weighted by molar-refractivity contribution is 5.31. The van der Waals surface area contributed by atoms with E-state index in [1.807, 2.05) is 30.3 Å². The molecule has 0 aliphatic heterocycles. The lowest BCUT2D eigenvalue weighted by molar-refractivity contribution is -0.141. The van der Waals surface area contributed by atoms with Gasteiger partial charge in [0.25, 0.3) is 0 Å². The molecule has 0 amide bonds. The number of hydrogen-bond acceptors (Lipinski definition) is 3. The van der Waals surface area contributed by atoms with Gasteiger partial charge < -0.3 is 5.32 Å². The number of nitrogens with zero attached hydrogens (tertiary/aromatic N) is 2. The van der Waals surface area contributed by atoms with Crippen molar-refractivity contribution in [1.29, 1.82) is 0 Å². The minimum atomic E-state index is -4.46. The third-order valence-electron chi connectivity index (χ3n) is 2.44. The number of aryl methyl sites for hydroxylation is 1. The van der Waals surface area contributed by atoms with Gasteiger partial charge in [0, 0.05) is 12.2 Å². The standard InChI is InChI=1S/C13H12F3N3/c1-9-7-11(13(14,15)16)19-12(18-9)17-8-10-5-3-2-4-6-10/h2-7H,8H2,1H3,(H,17,18,19). The fraction of sp³-hybridized carbons (Fsp3) is 0.231. The van der Waals surface area contributed by atoms with Crippen LogP contribution in [-0.4, -0.2) is 9.97 Å². The fourth-order valence-electron chi connectivity index (χ4n) is 1.57. The number of aromatic nitrogens is 2. The maximum atomic E-state index is 12.6. The summed E-state index contributed by atoms with van der Waals surface area (Å²) in [7, 11) is 0. The van der Waals surface area contributed by atoms with Crippen LogP contribution < -0.4 is 5.32 Å². The molecule has 3 nitrogen and oxygen atoms in total. The molecule has 19 heavy (non-hydrogen) atoms. The minimum absolute atomic E-state index is 0.0174. The van der Waals surface area contributed by atoms with E-state index in [0.717, 1.165) is 11.6 Å². The molecule has 0 aliphatic rings. The van der Waals surface area contributed by atoms with Crippen molar-refractivity contribution in [1.82, 2.24) is 9.97 Å². The molecule has 0 radical (unpaired) electrons. The first kappa shape index (κ1) is 13.3. The second-order valence-electron chi connectivity index (χ2n) is 4.06. The van der Waals surface area contributed by atoms with E-state index in [4.69, 9.17) is 0 Å². The highest BCUT2D eigenvalue weighted by Gasteiger charge is 2.33. The van der Waals surface area contributed by atoms with Gasteiger partial charge in [-0.3, -0.25) is 0 Å². The van der Waals surface area contributed by atoms with Crippen LogP contribution in [0.15, 0.2) is 36.4 Å². The molecule has 0 bridgehead atoms. The second kappa shape index (κ2) is 5.26. The minimum Gasteiger partial charge on any atom is -0.350 e. The zero-order valence-corrected chi connectivity index (χ0v) is 10.2. The summed E-state index contributed by atoms with van der Waals surface area (Å²) in [5.41, 5.74) is 0.287. The quantitative estimate of drug-likeness (QED) is 0.926. The topological polar surface area (TPSA) is 37.8 Å². The Morgan fingerprint density at radius 3 is 2.42 bits per heavy atom. The van der Waals surface area contributed by atoms with Gasteiger partial charge in [-0.1, -0.05) is 30.3 Å². The maximum absolute atomic E-state index is 12.6. The average Bonchev–Trinajstić information content (AvgIpc) is 2.36. The zero-order chi connectivity index (χ0) is 13.9. The molecular weight excluding hydrogens is 255 g/mol. The Kier molecular flexibility index (Phi) is 3.69. The summed E-state index contributed by atoms with van der Waals surface area (Å²) in [5, 5.41) is 2.79. The molecule has 2 rings (SSSR count). The van der Waals surface area contributed by atoms with E-state index in [0.29, 0.717) is 6.54 Å². The molecule has 1 aromatic carbocycles. The van der Waals surface area contributed by atoms with Gasteiger partial charge in [-0.2, -0.15) is 13.2 Å². The van der Waals surface area contributed by atoms with Crippen LogP contribution in [0.4, 0.5) is 19.1 Å². The number of rotatable bonds is 3. The van der Waals surface area contributed by atoms with Gasteiger partial charge in [-0.05, 0) is 18.6 Å². The lowest BCUT2D eigenvalue weighted by Crippen LogP contribution is -2.12. The van der Waals surface area contributed by atoms with E-state index < -0.39 is 11.9 Å². The van der Waals surface area contributed by atoms with E-state index in [-0.39, 0.29) is 11.6 Å². The van der Waals surface area contributed by atoms with Crippen molar-refractivity contribution in [3.8, 4) is 0 Å². The first-order chi connectivity index (χ1) is 8.95. The Balaban J connectivity index is 2.15. The average molecular weight is 267 g/mol. The van der Waals surface area contributed by atoms with E-state index in [1.54, 1.807) is 0 Å². The molecule has 2 aromatic rings. The number of hydrogen-bond donors (Lipinski definition) is 1. The van der Waals surface area contributed by atoms with Gasteiger partial charge in [0.15, 0.2) is 0 Å². The number of anilines is 1. The van der Waals surface area contributed by atoms with Crippen LogP contribution in [0.3, 0.4) is 0 Å². The van der Waals surface area contributed by atoms with Crippen LogP contribution in [0.5, 0.6) is 0 Å². The van der Waals surface area contributed by atoms with Crippen LogP contribution in [0.1, 0.15) is 17.0 Å². The Hall–Kier alpha value is -2.11. The smallest absolute Gasteiger partial charge is 0.350 e. The van der Waals surface area contributed by atoms with Gasteiger partial charge in [0.1, 0.15) is 5.69 Å². The predicted molar refractivity (Wildman–Crippen MR) is 65.5 cm³/mol. The van der Waals surface area contributed by atoms with Crippen molar-refractivity contribution >= 4 is 5.95 Å². The normalized spacial score (nSPS) is 11.4. The zero-order valence-electron chi connectivity index (χ0n) is 10.2. The third kappa shape index (κ3) is 3.67. The summed E-state index contributed by atoms with van der Waals surface area (Å²) in [6.45, 7) is 1.88. The molecular formula is C13H12F3N3. The van der Waals surface area contributed by atoms with Crippen molar-refractivity contribution in [2.24, 2.45) is 0 Å². The number of benzene rings is 1. The Labute approximate surface area is 108 Å². The predicted octanol–water partition coefficient (Wildman–Crippen LogP) is 3.42. The molecule has 100 valence electrons. The Morgan fingerprint density at radius 1 is 1.11 bits per heavy atom. The molecule has 0 saturated carbocycles. The summed E-state index contributed by atoms with van der Waals surface area (Å²) in [4.78, 5) is 7.41. The second-order valence-corrected chi connectivity index (χ2v) is 4.06. The van der Waals surface area contributed by atoms with Crippen molar-refractivity contribution < 1.29 is 13.2 Å². The summed E-state index contributed by atoms with van der Waals surface area (Å²) in [6.07, 6.45) is -4.46. The summed E-state index contributed by atoms with van der Waals surface area (Å²) >= 11 is 0. The van der Waals surface area contributed by atoms with E-state index >= 15 is 0 Å². The highest BCUT2D eigenvalue weighted by atomic mass is 19.4. The number of alkyl halides is 3. The van der Waals surface area contributed by atoms with E-state index in [9.17, 15) is 13.2 Å². The summed E-state index contributed by atoms with van der Waals surface area (Å²) < 4.78 is 37.8. The van der Waals surface area contributed by atoms with E-state index in [2.05, 4.69) is 15.3 Å². The van der Waals surface area contributed by atoms with Crippen molar-refractivity contribution in [3.05, 3.63) is 53.3 Å². The van der Waals surface area contributed by atoms with Gasteiger partial charge >= 0.3 is 6.18 Å². The molecule has 0 fully saturated rings. The Bertz CT molecular complexity index is 553. The van der Waals surface area contributed by atoms with Gasteiger partial charge in [-0.25, -0.2) is 9.97 Å². The van der Waals surface area contributed by atoms with Crippen molar-refractivity contribution in [2.45, 2.75) is 19.6 Å². The third-order valence-corrected chi connectivity index (χ3v) is 2.44. The molecule has 0 saturated heterocycles. The number of halogens is 3. The molecule has 0 atom stereocenters. The van der Waals surface area contributed by atoms with Crippen LogP contribution in [-0.2, 0) is 12.7 Å². The molecule has 0 unspecified atom stereocenters. The lowest BCUT2D eigenvalue weighted by atomic mass is 10.2. The van der Waals surface area contributed by atoms with Gasteiger partial charge in [0.2, 0.25) is 5.95 Å². The monoisotopic (exact) mass is 267 g/mol. The van der Waals surface area contributed by atoms with Crippen LogP contribution >= 0.6 is 0 Å². The summed E-state index contributed by atoms with van der Waals surface area (Å²) in [6, 6.07) is 10.2. The molecule has 6 heteroatoms. The lowest BCUT2D eigenvalue weighted by Gasteiger charge is -2.10. The van der Waals surface area contributed by atoms with Gasteiger partial charge in [0.05, 0.1) is 0 Å². The first-order valence-electron chi connectivity index (χ1n) is 5.66. The largest absolute Gasteiger partial charge is 0.433 e. The molecule has 1 N–H and O–H groups in total. The maximum Gasteiger partial charge on any atom is 0.433 e. The molecule has 1 heterocycles. The van der Waals surface area contributed by atoms with Crippen molar-refractivity contribution in [3.63, 3.8) is 0 Å². The number of nitrogens with one attached hydrogen (secondary N) is 1. The van der Waals surface area contributed by atoms with Gasteiger partial charge in [-0.15, -0.1) is 0 Å². The van der Waals surface area contributed by atoms with Crippen LogP contribution in [0.25, 0.3) is 0 Å². The SMILES string of the molecule is Cc1cc(C(F)(F)F)nc(NCc2ccccc2)n1. The molecule has 0 spiro atoms. The van der Waals surface area contributed by atoms with E-state index in [1.165, 1.54) is 6.92 Å². The van der Waals surface area contributed by atoms with Crippen LogP contribution in [0.2, 0.25) is 0 Å². The fourth-order valence-corrected chi connectivity index (χ4v) is 1.57. The molecule has 0 aliphatic carbocycles. The van der Waals surface area contributed by atoms with Crippen molar-refractivity contribution in [2.75, 3.05) is 5.32 Å². The Morgan fingerprint density at radius 2 is 1.79 bits per heavy atom. The van der Waals surface area contributed by atoms with Crippen LogP contribution in [0, 0.1) is 6.92 Å². The highest BCUT2D eigenvalue weighted by Crippen LogP contribution is 2.28. The molecule has 1 aromatic heterocycles.